The Morgan fingerprint density at radius 3 is 1.18 bits per heavy atom. The van der Waals surface area contributed by atoms with E-state index in [1.54, 1.807) is 0 Å². The lowest BCUT2D eigenvalue weighted by atomic mass is 10.1. The first kappa shape index (κ1) is 54.6. The molecule has 350 valence electrons. The van der Waals surface area contributed by atoms with Gasteiger partial charge in [-0.05, 0) is 79.6 Å². The highest BCUT2D eigenvalue weighted by Gasteiger charge is 2.52. The summed E-state index contributed by atoms with van der Waals surface area (Å²) in [6.45, 7) is 12.0. The predicted octanol–water partition coefficient (Wildman–Crippen LogP) is 11.9. The molecule has 0 aliphatic rings. The SMILES string of the molecule is CCCCCCCCCC(=O)OCCCCCCOC(=O)CC(O[Si](c1ccccc1)(c1ccccc1)C(C)(C)C)C(=O)OCCCCCCOC(=O)CCCCCCCCC. The van der Waals surface area contributed by atoms with Crippen LogP contribution in [-0.2, 0) is 42.6 Å². The van der Waals surface area contributed by atoms with Crippen LogP contribution in [0.15, 0.2) is 60.7 Å². The Kier molecular flexibility index (Phi) is 29.9. The fourth-order valence-corrected chi connectivity index (χ4v) is 12.4. The first-order valence-corrected chi connectivity index (χ1v) is 26.4. The molecule has 2 aromatic rings. The number of carbonyl (C=O) groups excluding carboxylic acids is 4. The summed E-state index contributed by atoms with van der Waals surface area (Å²) in [5.41, 5.74) is 0. The number of rotatable bonds is 37. The molecule has 0 fully saturated rings. The van der Waals surface area contributed by atoms with Crippen LogP contribution in [-0.4, -0.2) is 64.7 Å². The summed E-state index contributed by atoms with van der Waals surface area (Å²) in [5, 5.41) is 1.57. The summed E-state index contributed by atoms with van der Waals surface area (Å²) in [5.74, 6) is -1.33. The zero-order valence-electron chi connectivity index (χ0n) is 39.5. The topological polar surface area (TPSA) is 114 Å². The lowest BCUT2D eigenvalue weighted by Gasteiger charge is -2.44. The smallest absolute Gasteiger partial charge is 0.334 e. The van der Waals surface area contributed by atoms with Crippen LogP contribution in [0, 0.1) is 0 Å². The van der Waals surface area contributed by atoms with Crippen molar-refractivity contribution in [2.45, 2.75) is 206 Å². The number of unbranched alkanes of at least 4 members (excludes halogenated alkanes) is 18. The van der Waals surface area contributed by atoms with Gasteiger partial charge in [-0.3, -0.25) is 14.4 Å². The number of hydrogen-bond donors (Lipinski definition) is 0. The van der Waals surface area contributed by atoms with Gasteiger partial charge in [0.25, 0.3) is 8.32 Å². The standard InChI is InChI=1S/C52H84O9Si/c1-6-8-10-12-14-16-28-38-48(53)57-40-30-18-19-32-42-59-50(55)44-47(61-62(52(3,4)5,45-34-24-22-25-35-45)46-36-26-23-27-37-46)51(56)60-43-33-21-20-31-41-58-49(54)39-29-17-15-13-11-9-7-2/h22-27,34-37,47H,6-21,28-33,38-44H2,1-5H3. The lowest BCUT2D eigenvalue weighted by molar-refractivity contribution is -0.159. The van der Waals surface area contributed by atoms with E-state index in [-0.39, 0.29) is 31.6 Å². The van der Waals surface area contributed by atoms with E-state index in [9.17, 15) is 19.2 Å². The number of esters is 4. The fourth-order valence-electron chi connectivity index (χ4n) is 7.82. The van der Waals surface area contributed by atoms with Gasteiger partial charge in [0.1, 0.15) is 0 Å². The first-order chi connectivity index (χ1) is 30.0. The number of ether oxygens (including phenoxy) is 4. The molecule has 0 aromatic heterocycles. The fraction of sp³-hybridized carbons (Fsp3) is 0.692. The normalized spacial score (nSPS) is 12.1. The molecule has 0 radical (unpaired) electrons. The van der Waals surface area contributed by atoms with E-state index in [0.29, 0.717) is 38.9 Å². The van der Waals surface area contributed by atoms with Crippen molar-refractivity contribution in [2.24, 2.45) is 0 Å². The van der Waals surface area contributed by atoms with Gasteiger partial charge in [-0.2, -0.15) is 0 Å². The highest BCUT2D eigenvalue weighted by Crippen LogP contribution is 2.38. The van der Waals surface area contributed by atoms with Crippen molar-refractivity contribution < 1.29 is 42.6 Å². The van der Waals surface area contributed by atoms with Crippen molar-refractivity contribution >= 4 is 42.6 Å². The first-order valence-electron chi connectivity index (χ1n) is 24.5. The highest BCUT2D eigenvalue weighted by molar-refractivity contribution is 6.99. The van der Waals surface area contributed by atoms with E-state index in [1.165, 1.54) is 64.2 Å². The van der Waals surface area contributed by atoms with E-state index in [0.717, 1.165) is 74.6 Å². The number of hydrogen-bond acceptors (Lipinski definition) is 9. The maximum Gasteiger partial charge on any atom is 0.334 e. The summed E-state index contributed by atoms with van der Waals surface area (Å²) in [4.78, 5) is 51.6. The van der Waals surface area contributed by atoms with Crippen molar-refractivity contribution in [3.63, 3.8) is 0 Å². The molecule has 0 bridgehead atoms. The lowest BCUT2D eigenvalue weighted by Crippen LogP contribution is -2.68. The molecule has 1 atom stereocenters. The van der Waals surface area contributed by atoms with E-state index in [4.69, 9.17) is 23.4 Å². The Morgan fingerprint density at radius 1 is 0.452 bits per heavy atom. The maximum atomic E-state index is 14.0. The Bertz CT molecular complexity index is 1420. The zero-order chi connectivity index (χ0) is 45.2. The van der Waals surface area contributed by atoms with Crippen LogP contribution in [0.2, 0.25) is 5.04 Å². The van der Waals surface area contributed by atoms with Gasteiger partial charge in [0.05, 0.1) is 32.8 Å². The highest BCUT2D eigenvalue weighted by atomic mass is 28.4. The predicted molar refractivity (Wildman–Crippen MR) is 253 cm³/mol. The summed E-state index contributed by atoms with van der Waals surface area (Å²) >= 11 is 0. The third-order valence-corrected chi connectivity index (χ3v) is 16.5. The zero-order valence-corrected chi connectivity index (χ0v) is 40.5. The van der Waals surface area contributed by atoms with Gasteiger partial charge in [0.2, 0.25) is 0 Å². The maximum absolute atomic E-state index is 14.0. The van der Waals surface area contributed by atoms with Crippen LogP contribution in [0.3, 0.4) is 0 Å². The van der Waals surface area contributed by atoms with Gasteiger partial charge in [0.15, 0.2) is 6.10 Å². The summed E-state index contributed by atoms with van der Waals surface area (Å²) in [6, 6.07) is 20.1. The van der Waals surface area contributed by atoms with E-state index >= 15 is 0 Å². The van der Waals surface area contributed by atoms with Gasteiger partial charge < -0.3 is 23.4 Å². The van der Waals surface area contributed by atoms with E-state index in [1.807, 2.05) is 36.4 Å². The average Bonchev–Trinajstić information content (AvgIpc) is 3.26. The third-order valence-electron chi connectivity index (χ3n) is 11.4. The summed E-state index contributed by atoms with van der Waals surface area (Å²) in [7, 11) is -3.21. The van der Waals surface area contributed by atoms with Crippen LogP contribution in [0.25, 0.3) is 0 Å². The average molecular weight is 881 g/mol. The second kappa shape index (κ2) is 34.0. The number of benzene rings is 2. The minimum Gasteiger partial charge on any atom is -0.466 e. The van der Waals surface area contributed by atoms with E-state index in [2.05, 4.69) is 58.9 Å². The molecule has 0 aliphatic carbocycles. The van der Waals surface area contributed by atoms with Crippen molar-refractivity contribution in [2.75, 3.05) is 26.4 Å². The molecule has 2 aromatic carbocycles. The molecular formula is C52H84O9Si. The monoisotopic (exact) mass is 881 g/mol. The third kappa shape index (κ3) is 23.3. The Hall–Kier alpha value is -3.50. The molecule has 0 saturated carbocycles. The molecule has 0 heterocycles. The van der Waals surface area contributed by atoms with Gasteiger partial charge in [-0.25, -0.2) is 4.79 Å². The van der Waals surface area contributed by atoms with Crippen molar-refractivity contribution in [3.05, 3.63) is 60.7 Å². The van der Waals surface area contributed by atoms with Gasteiger partial charge in [0, 0.05) is 12.8 Å². The van der Waals surface area contributed by atoms with Crippen molar-refractivity contribution in [1.29, 1.82) is 0 Å². The molecule has 0 spiro atoms. The second-order valence-corrected chi connectivity index (χ2v) is 22.1. The van der Waals surface area contributed by atoms with Gasteiger partial charge in [-0.1, -0.05) is 172 Å². The van der Waals surface area contributed by atoms with Crippen LogP contribution < -0.4 is 10.4 Å². The molecule has 10 heteroatoms. The Morgan fingerprint density at radius 2 is 0.790 bits per heavy atom. The number of carbonyl (C=O) groups is 4. The van der Waals surface area contributed by atoms with Crippen LogP contribution >= 0.6 is 0 Å². The van der Waals surface area contributed by atoms with E-state index < -0.39 is 31.4 Å². The van der Waals surface area contributed by atoms with Crippen molar-refractivity contribution in [3.8, 4) is 0 Å². The molecule has 62 heavy (non-hydrogen) atoms. The Balaban J connectivity index is 1.90. The van der Waals surface area contributed by atoms with Gasteiger partial charge >= 0.3 is 23.9 Å². The molecular weight excluding hydrogens is 797 g/mol. The summed E-state index contributed by atoms with van der Waals surface area (Å²) in [6.07, 6.45) is 22.1. The Labute approximate surface area is 377 Å². The minimum absolute atomic E-state index is 0.121. The second-order valence-electron chi connectivity index (χ2n) is 17.9. The van der Waals surface area contributed by atoms with Crippen LogP contribution in [0.4, 0.5) is 0 Å². The van der Waals surface area contributed by atoms with Gasteiger partial charge in [-0.15, -0.1) is 0 Å². The largest absolute Gasteiger partial charge is 0.466 e. The molecule has 0 N–H and O–H groups in total. The minimum atomic E-state index is -3.21. The molecule has 0 amide bonds. The van der Waals surface area contributed by atoms with Crippen LogP contribution in [0.1, 0.15) is 195 Å². The quantitative estimate of drug-likeness (QED) is 0.0283. The molecule has 1 unspecified atom stereocenters. The molecule has 0 saturated heterocycles. The summed E-state index contributed by atoms with van der Waals surface area (Å²) < 4.78 is 29.5. The molecule has 2 rings (SSSR count). The molecule has 9 nitrogen and oxygen atoms in total. The van der Waals surface area contributed by atoms with Crippen LogP contribution in [0.5, 0.6) is 0 Å². The van der Waals surface area contributed by atoms with Crippen molar-refractivity contribution in [1.82, 2.24) is 0 Å². The molecule has 0 aliphatic heterocycles.